The molecule has 0 radical (unpaired) electrons. The lowest BCUT2D eigenvalue weighted by molar-refractivity contribution is 0.0950. The average molecular weight is 274 g/mol. The Morgan fingerprint density at radius 1 is 1.55 bits per heavy atom. The van der Waals surface area contributed by atoms with E-state index in [1.165, 1.54) is 6.20 Å². The summed E-state index contributed by atoms with van der Waals surface area (Å²) in [7, 11) is 0. The van der Waals surface area contributed by atoms with Crippen LogP contribution in [-0.4, -0.2) is 42.4 Å². The van der Waals surface area contributed by atoms with Gasteiger partial charge in [0, 0.05) is 37.7 Å². The number of carbonyl (C=O) groups is 1. The lowest BCUT2D eigenvalue weighted by Gasteiger charge is -2.08. The van der Waals surface area contributed by atoms with Crippen LogP contribution in [0.3, 0.4) is 0 Å². The van der Waals surface area contributed by atoms with Gasteiger partial charge in [-0.15, -0.1) is 0 Å². The molecule has 20 heavy (non-hydrogen) atoms. The van der Waals surface area contributed by atoms with E-state index < -0.39 is 0 Å². The zero-order valence-electron chi connectivity index (χ0n) is 11.3. The highest BCUT2D eigenvalue weighted by Gasteiger charge is 2.15. The summed E-state index contributed by atoms with van der Waals surface area (Å²) < 4.78 is 5.29. The normalized spacial score (nSPS) is 17.4. The van der Waals surface area contributed by atoms with Crippen molar-refractivity contribution in [1.82, 2.24) is 10.3 Å². The second-order valence-electron chi connectivity index (χ2n) is 4.70. The van der Waals surface area contributed by atoms with E-state index in [-0.39, 0.29) is 12.5 Å². The van der Waals surface area contributed by atoms with Gasteiger partial charge in [0.1, 0.15) is 6.61 Å². The van der Waals surface area contributed by atoms with E-state index in [9.17, 15) is 4.79 Å². The number of hydrogen-bond donors (Lipinski definition) is 2. The van der Waals surface area contributed by atoms with Gasteiger partial charge in [-0.3, -0.25) is 9.78 Å². The third-order valence-corrected chi connectivity index (χ3v) is 3.17. The number of ether oxygens (including phenoxy) is 1. The van der Waals surface area contributed by atoms with Gasteiger partial charge in [-0.25, -0.2) is 0 Å². The number of aromatic nitrogens is 1. The first-order valence-electron chi connectivity index (χ1n) is 6.70. The van der Waals surface area contributed by atoms with Crippen molar-refractivity contribution in [2.45, 2.75) is 12.8 Å². The predicted octanol–water partition coefficient (Wildman–Crippen LogP) is 0.582. The first-order valence-corrected chi connectivity index (χ1v) is 6.70. The van der Waals surface area contributed by atoms with Crippen LogP contribution < -0.4 is 5.32 Å². The second kappa shape index (κ2) is 7.63. The van der Waals surface area contributed by atoms with Crippen LogP contribution in [0.25, 0.3) is 0 Å². The van der Waals surface area contributed by atoms with Crippen molar-refractivity contribution in [2.24, 2.45) is 5.92 Å². The van der Waals surface area contributed by atoms with Gasteiger partial charge in [0.15, 0.2) is 0 Å². The summed E-state index contributed by atoms with van der Waals surface area (Å²) >= 11 is 0. The standard InChI is InChI=1S/C15H18N2O3/c18-6-1-2-13-8-14(10-16-9-13)15(19)17-5-3-12-4-7-20-11-12/h8-10,12,18H,3-7,11H2,(H,17,19). The summed E-state index contributed by atoms with van der Waals surface area (Å²) in [5.41, 5.74) is 1.10. The Hall–Kier alpha value is -1.90. The summed E-state index contributed by atoms with van der Waals surface area (Å²) in [5, 5.41) is 11.5. The maximum atomic E-state index is 12.0. The molecule has 0 spiro atoms. The van der Waals surface area contributed by atoms with Crippen LogP contribution in [0.4, 0.5) is 0 Å². The van der Waals surface area contributed by atoms with Gasteiger partial charge in [-0.1, -0.05) is 11.8 Å². The molecule has 106 valence electrons. The SMILES string of the molecule is O=C(NCCC1CCOC1)c1cncc(C#CCO)c1. The van der Waals surface area contributed by atoms with Gasteiger partial charge in [0.05, 0.1) is 5.56 Å². The minimum absolute atomic E-state index is 0.149. The number of nitrogens with one attached hydrogen (secondary N) is 1. The second-order valence-corrected chi connectivity index (χ2v) is 4.70. The van der Waals surface area contributed by atoms with Crippen LogP contribution in [-0.2, 0) is 4.74 Å². The molecule has 2 N–H and O–H groups in total. The highest BCUT2D eigenvalue weighted by atomic mass is 16.5. The summed E-state index contributed by atoms with van der Waals surface area (Å²) in [4.78, 5) is 15.9. The minimum Gasteiger partial charge on any atom is -0.384 e. The molecule has 0 aliphatic carbocycles. The Balaban J connectivity index is 1.85. The van der Waals surface area contributed by atoms with Crippen LogP contribution >= 0.6 is 0 Å². The molecule has 1 saturated heterocycles. The first-order chi connectivity index (χ1) is 9.79. The van der Waals surface area contributed by atoms with Crippen molar-refractivity contribution >= 4 is 5.91 Å². The first kappa shape index (κ1) is 14.5. The zero-order chi connectivity index (χ0) is 14.2. The van der Waals surface area contributed by atoms with E-state index >= 15 is 0 Å². The highest BCUT2D eigenvalue weighted by molar-refractivity contribution is 5.94. The molecule has 1 aromatic heterocycles. The van der Waals surface area contributed by atoms with E-state index in [0.29, 0.717) is 23.6 Å². The molecule has 1 aliphatic heterocycles. The highest BCUT2D eigenvalue weighted by Crippen LogP contribution is 2.15. The number of amides is 1. The average Bonchev–Trinajstić information content (AvgIpc) is 2.98. The van der Waals surface area contributed by atoms with Crippen LogP contribution in [0, 0.1) is 17.8 Å². The van der Waals surface area contributed by atoms with Crippen molar-refractivity contribution in [3.8, 4) is 11.8 Å². The fourth-order valence-corrected chi connectivity index (χ4v) is 2.08. The maximum absolute atomic E-state index is 12.0. The summed E-state index contributed by atoms with van der Waals surface area (Å²) in [6, 6.07) is 1.67. The fourth-order valence-electron chi connectivity index (χ4n) is 2.08. The largest absolute Gasteiger partial charge is 0.384 e. The molecule has 1 unspecified atom stereocenters. The van der Waals surface area contributed by atoms with Crippen LogP contribution in [0.15, 0.2) is 18.5 Å². The molecule has 5 heteroatoms. The third kappa shape index (κ3) is 4.34. The van der Waals surface area contributed by atoms with Crippen LogP contribution in [0.5, 0.6) is 0 Å². The van der Waals surface area contributed by atoms with E-state index in [4.69, 9.17) is 9.84 Å². The summed E-state index contributed by atoms with van der Waals surface area (Å²) in [6.45, 7) is 2.05. The molecule has 0 aromatic carbocycles. The molecule has 1 fully saturated rings. The summed E-state index contributed by atoms with van der Waals surface area (Å²) in [6.07, 6.45) is 5.08. The Morgan fingerprint density at radius 3 is 3.20 bits per heavy atom. The third-order valence-electron chi connectivity index (χ3n) is 3.17. The van der Waals surface area contributed by atoms with Crippen molar-refractivity contribution in [3.05, 3.63) is 29.6 Å². The number of rotatable bonds is 4. The molecule has 1 aliphatic rings. The molecule has 1 amide bonds. The molecule has 1 atom stereocenters. The predicted molar refractivity (Wildman–Crippen MR) is 74.1 cm³/mol. The van der Waals surface area contributed by atoms with Gasteiger partial charge >= 0.3 is 0 Å². The maximum Gasteiger partial charge on any atom is 0.252 e. The Morgan fingerprint density at radius 2 is 2.45 bits per heavy atom. The van der Waals surface area contributed by atoms with Gasteiger partial charge in [-0.05, 0) is 24.8 Å². The van der Waals surface area contributed by atoms with Gasteiger partial charge in [-0.2, -0.15) is 0 Å². The van der Waals surface area contributed by atoms with E-state index in [0.717, 1.165) is 26.1 Å². The number of nitrogens with zero attached hydrogens (tertiary/aromatic N) is 1. The molecule has 2 heterocycles. The number of aliphatic hydroxyl groups is 1. The van der Waals surface area contributed by atoms with E-state index in [1.807, 2.05) is 0 Å². The topological polar surface area (TPSA) is 71.5 Å². The Kier molecular flexibility index (Phi) is 5.54. The fraction of sp³-hybridized carbons (Fsp3) is 0.467. The van der Waals surface area contributed by atoms with Gasteiger partial charge in [0.2, 0.25) is 0 Å². The van der Waals surface area contributed by atoms with E-state index in [1.54, 1.807) is 12.3 Å². The minimum atomic E-state index is -0.208. The number of carbonyl (C=O) groups excluding carboxylic acids is 1. The van der Waals surface area contributed by atoms with Crippen LogP contribution in [0.2, 0.25) is 0 Å². The number of pyridine rings is 1. The molecule has 5 nitrogen and oxygen atoms in total. The van der Waals surface area contributed by atoms with Gasteiger partial charge < -0.3 is 15.2 Å². The van der Waals surface area contributed by atoms with Gasteiger partial charge in [0.25, 0.3) is 5.91 Å². The number of aliphatic hydroxyl groups excluding tert-OH is 1. The van der Waals surface area contributed by atoms with Crippen LogP contribution in [0.1, 0.15) is 28.8 Å². The molecule has 1 aromatic rings. The monoisotopic (exact) mass is 274 g/mol. The quantitative estimate of drug-likeness (QED) is 0.788. The summed E-state index contributed by atoms with van der Waals surface area (Å²) in [5.74, 6) is 5.66. The smallest absolute Gasteiger partial charge is 0.252 e. The van der Waals surface area contributed by atoms with Crippen molar-refractivity contribution in [3.63, 3.8) is 0 Å². The molecule has 2 rings (SSSR count). The molecular weight excluding hydrogens is 256 g/mol. The number of hydrogen-bond acceptors (Lipinski definition) is 4. The van der Waals surface area contributed by atoms with Crippen molar-refractivity contribution in [1.29, 1.82) is 0 Å². The Bertz CT molecular complexity index is 513. The lowest BCUT2D eigenvalue weighted by atomic mass is 10.1. The Labute approximate surface area is 118 Å². The van der Waals surface area contributed by atoms with Crippen molar-refractivity contribution in [2.75, 3.05) is 26.4 Å². The van der Waals surface area contributed by atoms with Crippen molar-refractivity contribution < 1.29 is 14.6 Å². The molecule has 0 saturated carbocycles. The zero-order valence-corrected chi connectivity index (χ0v) is 11.3. The lowest BCUT2D eigenvalue weighted by Crippen LogP contribution is -2.26. The molecular formula is C15H18N2O3. The molecule has 0 bridgehead atoms. The van der Waals surface area contributed by atoms with E-state index in [2.05, 4.69) is 22.1 Å².